The molecular formula is C6H12ClN2Na. The van der Waals surface area contributed by atoms with Crippen molar-refractivity contribution in [1.82, 2.24) is 10.4 Å². The SMILES string of the molecule is C1CN2CCC1CN2.[Cl-].[Na+]. The first-order chi connectivity index (χ1) is 3.95. The van der Waals surface area contributed by atoms with E-state index in [9.17, 15) is 0 Å². The van der Waals surface area contributed by atoms with Crippen molar-refractivity contribution in [2.24, 2.45) is 5.92 Å². The van der Waals surface area contributed by atoms with Gasteiger partial charge in [-0.15, -0.1) is 0 Å². The number of hydrazine groups is 1. The maximum absolute atomic E-state index is 3.35. The molecule has 1 N–H and O–H groups in total. The summed E-state index contributed by atoms with van der Waals surface area (Å²) >= 11 is 0. The van der Waals surface area contributed by atoms with Crippen LogP contribution in [-0.2, 0) is 0 Å². The van der Waals surface area contributed by atoms with Crippen LogP contribution in [0.25, 0.3) is 0 Å². The minimum atomic E-state index is 0. The van der Waals surface area contributed by atoms with Crippen molar-refractivity contribution in [1.29, 1.82) is 0 Å². The molecule has 0 atom stereocenters. The monoisotopic (exact) mass is 170 g/mol. The van der Waals surface area contributed by atoms with Crippen LogP contribution in [0.5, 0.6) is 0 Å². The summed E-state index contributed by atoms with van der Waals surface area (Å²) in [7, 11) is 0. The van der Waals surface area contributed by atoms with E-state index in [2.05, 4.69) is 10.4 Å². The largest absolute Gasteiger partial charge is 1.00 e. The zero-order valence-corrected chi connectivity index (χ0v) is 9.19. The fourth-order valence-corrected chi connectivity index (χ4v) is 1.55. The van der Waals surface area contributed by atoms with Gasteiger partial charge < -0.3 is 12.4 Å². The van der Waals surface area contributed by atoms with Gasteiger partial charge in [0.15, 0.2) is 0 Å². The summed E-state index contributed by atoms with van der Waals surface area (Å²) in [5.41, 5.74) is 3.35. The molecule has 0 unspecified atom stereocenters. The molecule has 0 aromatic heterocycles. The summed E-state index contributed by atoms with van der Waals surface area (Å²) in [6, 6.07) is 0. The number of hydrogen-bond donors (Lipinski definition) is 1. The first-order valence-electron chi connectivity index (χ1n) is 3.43. The van der Waals surface area contributed by atoms with Gasteiger partial charge in [0, 0.05) is 19.6 Å². The maximum Gasteiger partial charge on any atom is 1.00 e. The van der Waals surface area contributed by atoms with E-state index >= 15 is 0 Å². The van der Waals surface area contributed by atoms with Gasteiger partial charge in [0.25, 0.3) is 0 Å². The second-order valence-electron chi connectivity index (χ2n) is 2.79. The van der Waals surface area contributed by atoms with Crippen molar-refractivity contribution in [2.45, 2.75) is 12.8 Å². The number of nitrogens with zero attached hydrogens (tertiary/aromatic N) is 1. The van der Waals surface area contributed by atoms with Crippen LogP contribution in [0.2, 0.25) is 0 Å². The van der Waals surface area contributed by atoms with E-state index in [0.717, 1.165) is 5.92 Å². The molecule has 10 heavy (non-hydrogen) atoms. The van der Waals surface area contributed by atoms with E-state index in [4.69, 9.17) is 0 Å². The maximum atomic E-state index is 3.35. The minimum absolute atomic E-state index is 0. The molecule has 2 bridgehead atoms. The van der Waals surface area contributed by atoms with E-state index in [1.807, 2.05) is 0 Å². The van der Waals surface area contributed by atoms with Crippen molar-refractivity contribution >= 4 is 0 Å². The Morgan fingerprint density at radius 1 is 1.20 bits per heavy atom. The molecule has 3 heterocycles. The molecule has 0 aliphatic carbocycles. The van der Waals surface area contributed by atoms with E-state index in [1.165, 1.54) is 32.5 Å². The third-order valence-electron chi connectivity index (χ3n) is 2.22. The van der Waals surface area contributed by atoms with Crippen molar-refractivity contribution in [3.05, 3.63) is 0 Å². The topological polar surface area (TPSA) is 15.3 Å². The molecule has 0 spiro atoms. The van der Waals surface area contributed by atoms with Crippen LogP contribution in [0.1, 0.15) is 12.8 Å². The molecule has 0 radical (unpaired) electrons. The predicted molar refractivity (Wildman–Crippen MR) is 32.3 cm³/mol. The van der Waals surface area contributed by atoms with Gasteiger partial charge in [-0.05, 0) is 18.8 Å². The van der Waals surface area contributed by atoms with Gasteiger partial charge in [0.2, 0.25) is 0 Å². The molecule has 4 heteroatoms. The third-order valence-corrected chi connectivity index (χ3v) is 2.22. The number of nitrogens with one attached hydrogen (secondary N) is 1. The molecule has 3 fully saturated rings. The van der Waals surface area contributed by atoms with Crippen molar-refractivity contribution < 1.29 is 42.0 Å². The number of rotatable bonds is 0. The summed E-state index contributed by atoms with van der Waals surface area (Å²) in [5.74, 6) is 1.000. The smallest absolute Gasteiger partial charge is 1.00 e. The van der Waals surface area contributed by atoms with E-state index in [-0.39, 0.29) is 42.0 Å². The molecule has 0 saturated carbocycles. The molecule has 0 aromatic rings. The molecule has 0 amide bonds. The van der Waals surface area contributed by atoms with Crippen LogP contribution in [0.4, 0.5) is 0 Å². The summed E-state index contributed by atoms with van der Waals surface area (Å²) < 4.78 is 0. The van der Waals surface area contributed by atoms with Crippen LogP contribution < -0.4 is 47.4 Å². The second-order valence-corrected chi connectivity index (χ2v) is 2.79. The van der Waals surface area contributed by atoms with Crippen molar-refractivity contribution in [3.8, 4) is 0 Å². The third kappa shape index (κ3) is 2.36. The van der Waals surface area contributed by atoms with Gasteiger partial charge in [0.1, 0.15) is 0 Å². The van der Waals surface area contributed by atoms with E-state index < -0.39 is 0 Å². The fraction of sp³-hybridized carbons (Fsp3) is 1.00. The van der Waals surface area contributed by atoms with Crippen LogP contribution in [0.3, 0.4) is 0 Å². The number of halogens is 1. The Labute approximate surface area is 90.4 Å². The molecule has 3 rings (SSSR count). The first kappa shape index (κ1) is 11.2. The summed E-state index contributed by atoms with van der Waals surface area (Å²) in [4.78, 5) is 0. The normalized spacial score (nSPS) is 36.0. The Hall–Kier alpha value is 1.21. The van der Waals surface area contributed by atoms with Crippen molar-refractivity contribution in [2.75, 3.05) is 19.6 Å². The Kier molecular flexibility index (Phi) is 5.56. The number of piperidine rings is 1. The minimum Gasteiger partial charge on any atom is -1.00 e. The van der Waals surface area contributed by atoms with Gasteiger partial charge in [-0.25, -0.2) is 5.01 Å². The molecule has 3 aliphatic heterocycles. The molecule has 3 saturated heterocycles. The zero-order valence-electron chi connectivity index (χ0n) is 6.44. The summed E-state index contributed by atoms with van der Waals surface area (Å²) in [6.07, 6.45) is 2.85. The summed E-state index contributed by atoms with van der Waals surface area (Å²) in [5, 5.41) is 2.33. The Morgan fingerprint density at radius 2 is 1.80 bits per heavy atom. The number of hydrogen-bond acceptors (Lipinski definition) is 2. The van der Waals surface area contributed by atoms with Crippen LogP contribution in [0.15, 0.2) is 0 Å². The molecule has 3 aliphatic rings. The quantitative estimate of drug-likeness (QED) is 0.365. The Bertz CT molecular complexity index is 70.7. The van der Waals surface area contributed by atoms with Gasteiger partial charge in [-0.1, -0.05) is 0 Å². The fourth-order valence-electron chi connectivity index (χ4n) is 1.55. The van der Waals surface area contributed by atoms with Crippen molar-refractivity contribution in [3.63, 3.8) is 0 Å². The van der Waals surface area contributed by atoms with Gasteiger partial charge >= 0.3 is 29.6 Å². The average Bonchev–Trinajstić information content (AvgIpc) is 1.92. The van der Waals surface area contributed by atoms with Gasteiger partial charge in [0.05, 0.1) is 0 Å². The zero-order chi connectivity index (χ0) is 5.40. The van der Waals surface area contributed by atoms with E-state index in [0.29, 0.717) is 0 Å². The summed E-state index contributed by atoms with van der Waals surface area (Å²) in [6.45, 7) is 3.80. The molecule has 0 aromatic carbocycles. The predicted octanol–water partition coefficient (Wildman–Crippen LogP) is -5.78. The first-order valence-corrected chi connectivity index (χ1v) is 3.43. The van der Waals surface area contributed by atoms with Crippen LogP contribution >= 0.6 is 0 Å². The number of fused-ring (bicyclic) bond motifs is 3. The van der Waals surface area contributed by atoms with Gasteiger partial charge in [-0.2, -0.15) is 0 Å². The molecule has 2 nitrogen and oxygen atoms in total. The van der Waals surface area contributed by atoms with Gasteiger partial charge in [-0.3, -0.25) is 5.43 Å². The molecular weight excluding hydrogens is 159 g/mol. The Morgan fingerprint density at radius 3 is 1.90 bits per heavy atom. The Balaban J connectivity index is 0.000000405. The second kappa shape index (κ2) is 4.96. The molecule has 54 valence electrons. The standard InChI is InChI=1S/C6H12N2.ClH.Na/c1-3-8-4-2-6(1)5-7-8;;/h6-7H,1-5H2;1H;/q;;+1/p-1. The van der Waals surface area contributed by atoms with E-state index in [1.54, 1.807) is 0 Å². The van der Waals surface area contributed by atoms with Crippen LogP contribution in [-0.4, -0.2) is 24.6 Å². The van der Waals surface area contributed by atoms with Crippen LogP contribution in [0, 0.1) is 5.92 Å². The average molecular weight is 171 g/mol.